The van der Waals surface area contributed by atoms with E-state index in [-0.39, 0.29) is 11.2 Å². The fraction of sp³-hybridized carbons (Fsp3) is 0.211. The van der Waals surface area contributed by atoms with E-state index in [0.29, 0.717) is 27.4 Å². The molecule has 0 fully saturated rings. The van der Waals surface area contributed by atoms with Gasteiger partial charge in [-0.2, -0.15) is 5.10 Å². The van der Waals surface area contributed by atoms with Gasteiger partial charge in [0, 0.05) is 5.02 Å². The Morgan fingerprint density at radius 3 is 2.43 bits per heavy atom. The van der Waals surface area contributed by atoms with Gasteiger partial charge in [-0.15, -0.1) is 0 Å². The second kappa shape index (κ2) is 7.42. The van der Waals surface area contributed by atoms with Crippen LogP contribution in [-0.2, 0) is 0 Å². The number of nitrogens with zero attached hydrogens (tertiary/aromatic N) is 4. The molecular formula is C19H17ClN4O4. The highest BCUT2D eigenvalue weighted by Gasteiger charge is 2.31. The van der Waals surface area contributed by atoms with Gasteiger partial charge >= 0.3 is 0 Å². The van der Waals surface area contributed by atoms with Crippen LogP contribution in [0.5, 0.6) is 0 Å². The summed E-state index contributed by atoms with van der Waals surface area (Å²) >= 11 is 6.05. The molecule has 0 aliphatic rings. The van der Waals surface area contributed by atoms with Gasteiger partial charge in [0.1, 0.15) is 29.5 Å². The molecule has 0 unspecified atom stereocenters. The summed E-state index contributed by atoms with van der Waals surface area (Å²) in [6.45, 7) is -0.709. The number of aliphatic hydroxyl groups is 4. The lowest BCUT2D eigenvalue weighted by molar-refractivity contribution is -0.0786. The van der Waals surface area contributed by atoms with Gasteiger partial charge < -0.3 is 20.4 Å². The van der Waals surface area contributed by atoms with Crippen molar-refractivity contribution in [3.05, 3.63) is 59.2 Å². The van der Waals surface area contributed by atoms with Crippen LogP contribution in [0.2, 0.25) is 5.02 Å². The van der Waals surface area contributed by atoms with Crippen molar-refractivity contribution in [3.63, 3.8) is 0 Å². The van der Waals surface area contributed by atoms with E-state index in [4.69, 9.17) is 16.7 Å². The molecule has 9 heteroatoms. The Morgan fingerprint density at radius 1 is 0.964 bits per heavy atom. The van der Waals surface area contributed by atoms with Gasteiger partial charge in [-0.25, -0.2) is 14.6 Å². The van der Waals surface area contributed by atoms with Crippen LogP contribution in [0.4, 0.5) is 0 Å². The summed E-state index contributed by atoms with van der Waals surface area (Å²) < 4.78 is 1.51. The zero-order valence-electron chi connectivity index (χ0n) is 14.5. The summed E-state index contributed by atoms with van der Waals surface area (Å²) in [6, 6.07) is 14.2. The van der Waals surface area contributed by atoms with E-state index >= 15 is 0 Å². The number of para-hydroxylation sites is 1. The molecule has 0 spiro atoms. The van der Waals surface area contributed by atoms with Gasteiger partial charge in [0.05, 0.1) is 23.3 Å². The maximum absolute atomic E-state index is 10.6. The van der Waals surface area contributed by atoms with Gasteiger partial charge in [0.15, 0.2) is 5.65 Å². The first-order chi connectivity index (χ1) is 13.5. The fourth-order valence-corrected chi connectivity index (χ4v) is 3.14. The van der Waals surface area contributed by atoms with Crippen molar-refractivity contribution >= 4 is 33.8 Å². The summed E-state index contributed by atoms with van der Waals surface area (Å²) in [7, 11) is 0. The van der Waals surface area contributed by atoms with Gasteiger partial charge in [-0.1, -0.05) is 29.8 Å². The smallest absolute Gasteiger partial charge is 0.182 e. The van der Waals surface area contributed by atoms with E-state index in [9.17, 15) is 15.3 Å². The third-order valence-corrected chi connectivity index (χ3v) is 4.68. The average molecular weight is 401 g/mol. The van der Waals surface area contributed by atoms with Gasteiger partial charge in [-0.05, 0) is 30.3 Å². The normalized spacial score (nSPS) is 15.0. The SMILES string of the molecule is OC[C@@H](O)[C@H](O)[C@H](O)c1nn(-c2ccccc2)c2nc3ccc(Cl)cc3nc12. The minimum absolute atomic E-state index is 0.0354. The predicted octanol–water partition coefficient (Wildman–Crippen LogP) is 1.37. The monoisotopic (exact) mass is 400 g/mol. The van der Waals surface area contributed by atoms with Crippen LogP contribution in [0, 0.1) is 0 Å². The van der Waals surface area contributed by atoms with Crippen molar-refractivity contribution in [2.75, 3.05) is 6.61 Å². The molecule has 0 aliphatic carbocycles. The first kappa shape index (κ1) is 18.7. The molecule has 144 valence electrons. The van der Waals surface area contributed by atoms with E-state index < -0.39 is 24.9 Å². The Hall–Kier alpha value is -2.62. The molecule has 0 saturated heterocycles. The quantitative estimate of drug-likeness (QED) is 0.398. The number of rotatable bonds is 5. The molecule has 8 nitrogen and oxygen atoms in total. The third-order valence-electron chi connectivity index (χ3n) is 4.44. The predicted molar refractivity (Wildman–Crippen MR) is 103 cm³/mol. The Labute approximate surface area is 164 Å². The van der Waals surface area contributed by atoms with Crippen LogP contribution in [0.25, 0.3) is 27.9 Å². The second-order valence-corrected chi connectivity index (χ2v) is 6.78. The standard InChI is InChI=1S/C19H17ClN4O4/c20-10-6-7-12-13(8-10)21-16-15(18(28)17(27)14(26)9-25)23-24(19(16)22-12)11-4-2-1-3-5-11/h1-8,14,17-18,25-28H,9H2/t14-,17+,18-/m1/s1. The zero-order valence-corrected chi connectivity index (χ0v) is 15.3. The molecule has 2 aromatic carbocycles. The van der Waals surface area contributed by atoms with Crippen LogP contribution in [0.3, 0.4) is 0 Å². The lowest BCUT2D eigenvalue weighted by Gasteiger charge is -2.19. The summed E-state index contributed by atoms with van der Waals surface area (Å²) in [6.07, 6.45) is -4.76. The van der Waals surface area contributed by atoms with Crippen LogP contribution < -0.4 is 0 Å². The molecule has 3 atom stereocenters. The molecule has 4 N–H and O–H groups in total. The largest absolute Gasteiger partial charge is 0.394 e. The molecular weight excluding hydrogens is 384 g/mol. The maximum Gasteiger partial charge on any atom is 0.182 e. The van der Waals surface area contributed by atoms with Gasteiger partial charge in [0.25, 0.3) is 0 Å². The van der Waals surface area contributed by atoms with Crippen LogP contribution in [0.1, 0.15) is 11.8 Å². The van der Waals surface area contributed by atoms with Crippen LogP contribution >= 0.6 is 11.6 Å². The fourth-order valence-electron chi connectivity index (χ4n) is 2.97. The molecule has 0 radical (unpaired) electrons. The number of hydrogen-bond donors (Lipinski definition) is 4. The van der Waals surface area contributed by atoms with E-state index in [1.165, 1.54) is 4.68 Å². The molecule has 4 rings (SSSR count). The minimum atomic E-state index is -1.65. The Kier molecular flexibility index (Phi) is 4.96. The number of aliphatic hydroxyl groups excluding tert-OH is 4. The summed E-state index contributed by atoms with van der Waals surface area (Å²) in [5.74, 6) is 0. The average Bonchev–Trinajstić information content (AvgIpc) is 3.09. The van der Waals surface area contributed by atoms with Crippen molar-refractivity contribution in [1.82, 2.24) is 19.7 Å². The van der Waals surface area contributed by atoms with Crippen LogP contribution in [0.15, 0.2) is 48.5 Å². The van der Waals surface area contributed by atoms with E-state index in [2.05, 4.69) is 15.1 Å². The highest BCUT2D eigenvalue weighted by Crippen LogP contribution is 2.29. The number of hydrogen-bond acceptors (Lipinski definition) is 7. The van der Waals surface area contributed by atoms with Gasteiger partial charge in [0.2, 0.25) is 0 Å². The molecule has 0 aliphatic heterocycles. The summed E-state index contributed by atoms with van der Waals surface area (Å²) in [5.41, 5.74) is 2.44. The Balaban J connectivity index is 1.98. The van der Waals surface area contributed by atoms with Crippen molar-refractivity contribution in [3.8, 4) is 5.69 Å². The number of halogens is 1. The number of aromatic nitrogens is 4. The minimum Gasteiger partial charge on any atom is -0.394 e. The molecule has 0 bridgehead atoms. The molecule has 4 aromatic rings. The number of benzene rings is 2. The molecule has 2 aromatic heterocycles. The molecule has 2 heterocycles. The van der Waals surface area contributed by atoms with Crippen molar-refractivity contribution in [2.45, 2.75) is 18.3 Å². The van der Waals surface area contributed by atoms with E-state index in [0.717, 1.165) is 0 Å². The van der Waals surface area contributed by atoms with Gasteiger partial charge in [-0.3, -0.25) is 0 Å². The highest BCUT2D eigenvalue weighted by atomic mass is 35.5. The van der Waals surface area contributed by atoms with E-state index in [1.807, 2.05) is 30.3 Å². The lowest BCUT2D eigenvalue weighted by atomic mass is 10.1. The Morgan fingerprint density at radius 2 is 1.71 bits per heavy atom. The lowest BCUT2D eigenvalue weighted by Crippen LogP contribution is -2.35. The molecule has 0 amide bonds. The second-order valence-electron chi connectivity index (χ2n) is 6.35. The maximum atomic E-state index is 10.6. The molecule has 0 saturated carbocycles. The third kappa shape index (κ3) is 3.21. The first-order valence-corrected chi connectivity index (χ1v) is 8.94. The summed E-state index contributed by atoms with van der Waals surface area (Å²) in [5, 5.41) is 44.4. The van der Waals surface area contributed by atoms with Crippen molar-refractivity contribution in [1.29, 1.82) is 0 Å². The topological polar surface area (TPSA) is 125 Å². The van der Waals surface area contributed by atoms with Crippen LogP contribution in [-0.4, -0.2) is 59.0 Å². The highest BCUT2D eigenvalue weighted by molar-refractivity contribution is 6.31. The summed E-state index contributed by atoms with van der Waals surface area (Å²) in [4.78, 5) is 9.12. The first-order valence-electron chi connectivity index (χ1n) is 8.56. The molecule has 28 heavy (non-hydrogen) atoms. The zero-order chi connectivity index (χ0) is 19.8. The number of fused-ring (bicyclic) bond motifs is 2. The van der Waals surface area contributed by atoms with E-state index in [1.54, 1.807) is 18.2 Å². The van der Waals surface area contributed by atoms with Crippen molar-refractivity contribution in [2.24, 2.45) is 0 Å². The van der Waals surface area contributed by atoms with Crippen molar-refractivity contribution < 1.29 is 20.4 Å². The Bertz CT molecular complexity index is 1140.